The lowest BCUT2D eigenvalue weighted by Crippen LogP contribution is -2.16. The fourth-order valence-electron chi connectivity index (χ4n) is 2.87. The van der Waals surface area contributed by atoms with Crippen molar-refractivity contribution in [1.29, 1.82) is 0 Å². The maximum atomic E-state index is 13.1. The van der Waals surface area contributed by atoms with Gasteiger partial charge in [0.25, 0.3) is 0 Å². The van der Waals surface area contributed by atoms with Gasteiger partial charge in [-0.1, -0.05) is 6.08 Å². The number of benzene rings is 1. The first-order chi connectivity index (χ1) is 14.7. The van der Waals surface area contributed by atoms with Crippen LogP contribution in [-0.4, -0.2) is 46.2 Å². The van der Waals surface area contributed by atoms with Crippen LogP contribution in [0.15, 0.2) is 53.9 Å². The van der Waals surface area contributed by atoms with E-state index in [0.717, 1.165) is 11.3 Å². The van der Waals surface area contributed by atoms with Gasteiger partial charge in [0.1, 0.15) is 13.0 Å². The molecule has 10 heteroatoms. The molecule has 164 valence electrons. The number of halogens is 1. The highest BCUT2D eigenvalue weighted by Gasteiger charge is 2.19. The maximum absolute atomic E-state index is 13.1. The molecule has 0 fully saturated rings. The Morgan fingerprint density at radius 2 is 2.13 bits per heavy atom. The molecule has 1 unspecified atom stereocenters. The Bertz CT molecular complexity index is 1130. The predicted octanol–water partition coefficient (Wildman–Crippen LogP) is 4.55. The molecule has 0 aliphatic rings. The summed E-state index contributed by atoms with van der Waals surface area (Å²) >= 11 is 3.48. The highest BCUT2D eigenvalue weighted by molar-refractivity contribution is 9.10. The highest BCUT2D eigenvalue weighted by Crippen LogP contribution is 2.39. The third kappa shape index (κ3) is 5.81. The number of nitrogens with zero attached hydrogens (tertiary/aromatic N) is 4. The Hall–Kier alpha value is -2.48. The van der Waals surface area contributed by atoms with E-state index in [1.54, 1.807) is 43.6 Å². The Kier molecular flexibility index (Phi) is 7.30. The van der Waals surface area contributed by atoms with Gasteiger partial charge in [-0.05, 0) is 54.4 Å². The molecule has 2 aromatic heterocycles. The van der Waals surface area contributed by atoms with Crippen LogP contribution in [-0.2, 0) is 15.9 Å². The van der Waals surface area contributed by atoms with E-state index >= 15 is 0 Å². The van der Waals surface area contributed by atoms with Gasteiger partial charge in [0, 0.05) is 36.4 Å². The maximum Gasteiger partial charge on any atom is 0.225 e. The summed E-state index contributed by atoms with van der Waals surface area (Å²) in [6.45, 7) is 9.68. The molecule has 0 aliphatic carbocycles. The molecule has 3 rings (SSSR count). The molecule has 0 radical (unpaired) electrons. The van der Waals surface area contributed by atoms with E-state index in [9.17, 15) is 4.57 Å². The third-order valence-corrected chi connectivity index (χ3v) is 6.59. The smallest absolute Gasteiger partial charge is 0.225 e. The largest absolute Gasteiger partial charge is 0.380 e. The van der Waals surface area contributed by atoms with Crippen LogP contribution in [0.25, 0.3) is 5.69 Å². The van der Waals surface area contributed by atoms with Crippen LogP contribution in [0, 0.1) is 0 Å². The highest BCUT2D eigenvalue weighted by atomic mass is 79.9. The number of anilines is 3. The second-order valence-electron chi connectivity index (χ2n) is 7.46. The monoisotopic (exact) mass is 504 g/mol. The van der Waals surface area contributed by atoms with Crippen LogP contribution in [0.3, 0.4) is 0 Å². The zero-order chi connectivity index (χ0) is 22.6. The van der Waals surface area contributed by atoms with E-state index in [0.29, 0.717) is 33.8 Å². The van der Waals surface area contributed by atoms with Crippen molar-refractivity contribution < 1.29 is 9.30 Å². The first-order valence-electron chi connectivity index (χ1n) is 9.62. The van der Waals surface area contributed by atoms with Crippen molar-refractivity contribution in [2.45, 2.75) is 19.6 Å². The van der Waals surface area contributed by atoms with Gasteiger partial charge in [0.2, 0.25) is 5.95 Å². The first-order valence-corrected chi connectivity index (χ1v) is 13.0. The van der Waals surface area contributed by atoms with Crippen LogP contribution in [0.2, 0.25) is 0 Å². The molecule has 0 saturated carbocycles. The summed E-state index contributed by atoms with van der Waals surface area (Å²) in [6, 6.07) is 5.71. The normalized spacial score (nSPS) is 12.4. The molecule has 0 aliphatic heterocycles. The Morgan fingerprint density at radius 3 is 2.81 bits per heavy atom. The fraction of sp³-hybridized carbons (Fsp3) is 0.286. The van der Waals surface area contributed by atoms with Crippen molar-refractivity contribution in [3.05, 3.63) is 59.5 Å². The lowest BCUT2D eigenvalue weighted by atomic mass is 10.2. The minimum atomic E-state index is -2.62. The van der Waals surface area contributed by atoms with Crippen molar-refractivity contribution in [3.8, 4) is 5.69 Å². The van der Waals surface area contributed by atoms with Crippen LogP contribution >= 0.6 is 23.1 Å². The molecule has 1 aromatic carbocycles. The number of methoxy groups -OCH3 is 1. The standard InChI is InChI=1S/C21H26BrN6O2P/c1-6-14(2)25-21-23-11-17(22)20(27-21)26-18-8-7-16(9-19(18)31(4,5)29)28-12-15(10-24-28)13-30-3/h6-12,14H,1,13H2,2-5H3,(H2,23,25,26,27). The summed E-state index contributed by atoms with van der Waals surface area (Å²) in [4.78, 5) is 8.81. The molecular weight excluding hydrogens is 479 g/mol. The second-order valence-corrected chi connectivity index (χ2v) is 11.5. The van der Waals surface area contributed by atoms with E-state index in [1.807, 2.05) is 31.3 Å². The molecule has 3 aromatic rings. The van der Waals surface area contributed by atoms with Gasteiger partial charge in [-0.25, -0.2) is 9.67 Å². The van der Waals surface area contributed by atoms with E-state index in [1.165, 1.54) is 0 Å². The van der Waals surface area contributed by atoms with Gasteiger partial charge in [-0.3, -0.25) is 0 Å². The molecule has 0 spiro atoms. The van der Waals surface area contributed by atoms with E-state index in [-0.39, 0.29) is 6.04 Å². The minimum absolute atomic E-state index is 0.0208. The number of ether oxygens (including phenoxy) is 1. The third-order valence-electron chi connectivity index (χ3n) is 4.48. The summed E-state index contributed by atoms with van der Waals surface area (Å²) < 4.78 is 20.7. The van der Waals surface area contributed by atoms with Crippen LogP contribution in [0.4, 0.5) is 17.5 Å². The molecule has 31 heavy (non-hydrogen) atoms. The quantitative estimate of drug-likeness (QED) is 0.326. The number of nitrogens with one attached hydrogen (secondary N) is 2. The first kappa shape index (κ1) is 23.2. The van der Waals surface area contributed by atoms with Crippen molar-refractivity contribution in [1.82, 2.24) is 19.7 Å². The molecule has 2 heterocycles. The number of rotatable bonds is 9. The average Bonchev–Trinajstić information content (AvgIpc) is 3.19. The van der Waals surface area contributed by atoms with Crippen molar-refractivity contribution >= 4 is 45.8 Å². The zero-order valence-electron chi connectivity index (χ0n) is 18.0. The average molecular weight is 505 g/mol. The predicted molar refractivity (Wildman–Crippen MR) is 130 cm³/mol. The summed E-state index contributed by atoms with van der Waals surface area (Å²) in [5.74, 6) is 1.03. The van der Waals surface area contributed by atoms with Crippen LogP contribution in [0.5, 0.6) is 0 Å². The SMILES string of the molecule is C=CC(C)Nc1ncc(Br)c(Nc2ccc(-n3cc(COC)cn3)cc2P(C)(C)=O)n1. The summed E-state index contributed by atoms with van der Waals surface area (Å²) in [7, 11) is -0.973. The van der Waals surface area contributed by atoms with Gasteiger partial charge in [-0.15, -0.1) is 6.58 Å². The molecule has 0 saturated heterocycles. The van der Waals surface area contributed by atoms with Gasteiger partial charge >= 0.3 is 0 Å². The lowest BCUT2D eigenvalue weighted by molar-refractivity contribution is 0.185. The Labute approximate surface area is 190 Å². The van der Waals surface area contributed by atoms with Crippen molar-refractivity contribution in [3.63, 3.8) is 0 Å². The van der Waals surface area contributed by atoms with Gasteiger partial charge < -0.3 is 19.9 Å². The Balaban J connectivity index is 1.97. The molecule has 2 N–H and O–H groups in total. The molecule has 1 atom stereocenters. The number of hydrogen-bond acceptors (Lipinski definition) is 7. The number of aromatic nitrogens is 4. The zero-order valence-corrected chi connectivity index (χ0v) is 20.4. The minimum Gasteiger partial charge on any atom is -0.380 e. The van der Waals surface area contributed by atoms with Gasteiger partial charge in [0.05, 0.1) is 28.7 Å². The Morgan fingerprint density at radius 1 is 1.35 bits per heavy atom. The summed E-state index contributed by atoms with van der Waals surface area (Å²) in [5.41, 5.74) is 2.49. The summed E-state index contributed by atoms with van der Waals surface area (Å²) in [6.07, 6.45) is 7.09. The van der Waals surface area contributed by atoms with Crippen molar-refractivity contribution in [2.75, 3.05) is 31.1 Å². The second kappa shape index (κ2) is 9.77. The van der Waals surface area contributed by atoms with Gasteiger partial charge in [-0.2, -0.15) is 10.1 Å². The van der Waals surface area contributed by atoms with E-state index < -0.39 is 7.14 Å². The van der Waals surface area contributed by atoms with Gasteiger partial charge in [0.15, 0.2) is 0 Å². The fourth-order valence-corrected chi connectivity index (χ4v) is 4.31. The van der Waals surface area contributed by atoms with Crippen LogP contribution < -0.4 is 15.9 Å². The van der Waals surface area contributed by atoms with E-state index in [2.05, 4.69) is 48.2 Å². The van der Waals surface area contributed by atoms with E-state index in [4.69, 9.17) is 4.74 Å². The molecule has 0 bridgehead atoms. The lowest BCUT2D eigenvalue weighted by Gasteiger charge is -2.18. The summed E-state index contributed by atoms with van der Waals surface area (Å²) in [5, 5.41) is 11.5. The molecular formula is C21H26BrN6O2P. The van der Waals surface area contributed by atoms with Crippen LogP contribution in [0.1, 0.15) is 12.5 Å². The molecule has 8 nitrogen and oxygen atoms in total. The molecule has 0 amide bonds. The topological polar surface area (TPSA) is 94.0 Å². The van der Waals surface area contributed by atoms with Crippen molar-refractivity contribution in [2.24, 2.45) is 0 Å². The number of hydrogen-bond donors (Lipinski definition) is 2.